The zero-order chi connectivity index (χ0) is 31.8. The first-order valence-corrected chi connectivity index (χ1v) is 13.8. The van der Waals surface area contributed by atoms with Gasteiger partial charge in [0.25, 0.3) is 0 Å². The van der Waals surface area contributed by atoms with Crippen LogP contribution in [0.5, 0.6) is 11.5 Å². The number of amides is 2. The Morgan fingerprint density at radius 3 is 1.30 bits per heavy atom. The van der Waals surface area contributed by atoms with Crippen LogP contribution in [0.25, 0.3) is 10.8 Å². The van der Waals surface area contributed by atoms with Gasteiger partial charge < -0.3 is 48.5 Å². The summed E-state index contributed by atoms with van der Waals surface area (Å²) >= 11 is 0. The number of rotatable bonds is 22. The smallest absolute Gasteiger partial charge is 0.412 e. The van der Waals surface area contributed by atoms with Crippen molar-refractivity contribution in [1.29, 1.82) is 0 Å². The molecule has 14 heteroatoms. The Balaban J connectivity index is 1.64. The Morgan fingerprint density at radius 2 is 0.909 bits per heavy atom. The molecule has 0 aromatic heterocycles. The molecular formula is C30H38N2O12. The highest BCUT2D eigenvalue weighted by molar-refractivity contribution is 5.95. The van der Waals surface area contributed by atoms with Crippen molar-refractivity contribution in [2.45, 2.75) is 0 Å². The summed E-state index contributed by atoms with van der Waals surface area (Å²) < 4.78 is 41.7. The number of hydrogen-bond acceptors (Lipinski definition) is 12. The van der Waals surface area contributed by atoms with Gasteiger partial charge in [-0.2, -0.15) is 0 Å². The molecule has 240 valence electrons. The second kappa shape index (κ2) is 22.1. The third-order valence-corrected chi connectivity index (χ3v) is 5.30. The van der Waals surface area contributed by atoms with E-state index in [0.29, 0.717) is 37.2 Å². The van der Waals surface area contributed by atoms with Gasteiger partial charge in [-0.3, -0.25) is 0 Å². The maximum Gasteiger partial charge on any atom is 0.412 e. The lowest BCUT2D eigenvalue weighted by Crippen LogP contribution is -2.31. The highest BCUT2D eigenvalue weighted by Crippen LogP contribution is 2.33. The largest absolute Gasteiger partial charge is 0.460 e. The van der Waals surface area contributed by atoms with E-state index in [4.69, 9.17) is 37.9 Å². The topological polar surface area (TPSA) is 166 Å². The summed E-state index contributed by atoms with van der Waals surface area (Å²) in [4.78, 5) is 46.4. The van der Waals surface area contributed by atoms with E-state index in [-0.39, 0.29) is 64.2 Å². The van der Waals surface area contributed by atoms with Gasteiger partial charge in [0.2, 0.25) is 0 Å². The molecule has 2 amide bonds. The molecule has 0 unspecified atom stereocenters. The average molecular weight is 619 g/mol. The van der Waals surface area contributed by atoms with Crippen LogP contribution in [-0.4, -0.2) is 103 Å². The van der Waals surface area contributed by atoms with Crippen LogP contribution in [-0.2, 0) is 38.0 Å². The average Bonchev–Trinajstić information content (AvgIpc) is 3.03. The van der Waals surface area contributed by atoms with Crippen LogP contribution in [0.3, 0.4) is 0 Å². The summed E-state index contributed by atoms with van der Waals surface area (Å²) in [6.07, 6.45) is 0.805. The van der Waals surface area contributed by atoms with E-state index in [2.05, 4.69) is 23.8 Å². The molecule has 0 saturated heterocycles. The molecule has 2 N–H and O–H groups in total. The fourth-order valence-electron chi connectivity index (χ4n) is 3.31. The predicted octanol–water partition coefficient (Wildman–Crippen LogP) is 2.54. The van der Waals surface area contributed by atoms with E-state index in [0.717, 1.165) is 12.2 Å². The van der Waals surface area contributed by atoms with Gasteiger partial charge in [-0.25, -0.2) is 19.2 Å². The number of nitrogens with one attached hydrogen (secondary N) is 2. The number of carbonyl (C=O) groups excluding carboxylic acids is 4. The molecule has 0 heterocycles. The van der Waals surface area contributed by atoms with Gasteiger partial charge in [-0.1, -0.05) is 37.4 Å². The SMILES string of the molecule is C=CC(=O)OCCOCCOCCNC(=O)Oc1ccc(OC(=O)NCCOCCOCCOC(=O)C=C)c2ccccc12. The molecule has 0 atom stereocenters. The second-order valence-electron chi connectivity index (χ2n) is 8.43. The number of fused-ring (bicyclic) bond motifs is 1. The van der Waals surface area contributed by atoms with Crippen molar-refractivity contribution in [2.24, 2.45) is 0 Å². The lowest BCUT2D eigenvalue weighted by Gasteiger charge is -2.13. The zero-order valence-corrected chi connectivity index (χ0v) is 24.4. The Kier molecular flexibility index (Phi) is 17.9. The third kappa shape index (κ3) is 15.1. The second-order valence-corrected chi connectivity index (χ2v) is 8.43. The van der Waals surface area contributed by atoms with Gasteiger partial charge in [-0.05, 0) is 12.1 Å². The Labute approximate surface area is 255 Å². The molecule has 0 radical (unpaired) electrons. The van der Waals surface area contributed by atoms with E-state index >= 15 is 0 Å². The number of benzene rings is 2. The normalized spacial score (nSPS) is 10.5. The van der Waals surface area contributed by atoms with Crippen molar-refractivity contribution in [3.8, 4) is 11.5 Å². The van der Waals surface area contributed by atoms with Crippen LogP contribution < -0.4 is 20.1 Å². The van der Waals surface area contributed by atoms with Gasteiger partial charge in [0.1, 0.15) is 24.7 Å². The quantitative estimate of drug-likeness (QED) is 0.113. The first-order valence-electron chi connectivity index (χ1n) is 13.8. The minimum atomic E-state index is -0.674. The summed E-state index contributed by atoms with van der Waals surface area (Å²) in [6, 6.07) is 10.1. The fraction of sp³-hybridized carbons (Fsp3) is 0.400. The highest BCUT2D eigenvalue weighted by Gasteiger charge is 2.13. The summed E-state index contributed by atoms with van der Waals surface area (Å²) in [5, 5.41) is 6.34. The Bertz CT molecular complexity index is 1130. The van der Waals surface area contributed by atoms with Crippen LogP contribution >= 0.6 is 0 Å². The Morgan fingerprint density at radius 1 is 0.545 bits per heavy atom. The number of esters is 2. The van der Waals surface area contributed by atoms with Gasteiger partial charge >= 0.3 is 24.1 Å². The minimum absolute atomic E-state index is 0.126. The molecule has 2 aromatic carbocycles. The van der Waals surface area contributed by atoms with Crippen molar-refractivity contribution in [1.82, 2.24) is 10.6 Å². The third-order valence-electron chi connectivity index (χ3n) is 5.30. The van der Waals surface area contributed by atoms with E-state index in [1.165, 1.54) is 12.1 Å². The maximum absolute atomic E-state index is 12.3. The van der Waals surface area contributed by atoms with E-state index in [9.17, 15) is 19.2 Å². The van der Waals surface area contributed by atoms with Crippen LogP contribution in [0.1, 0.15) is 0 Å². The molecule has 0 aliphatic rings. The number of carbonyl (C=O) groups is 4. The first-order chi connectivity index (χ1) is 21.4. The molecule has 0 aliphatic heterocycles. The van der Waals surface area contributed by atoms with E-state index in [1.807, 2.05) is 0 Å². The van der Waals surface area contributed by atoms with Gasteiger partial charge in [0.05, 0.1) is 52.9 Å². The van der Waals surface area contributed by atoms with E-state index in [1.54, 1.807) is 24.3 Å². The molecule has 0 fully saturated rings. The lowest BCUT2D eigenvalue weighted by molar-refractivity contribution is -0.140. The zero-order valence-electron chi connectivity index (χ0n) is 24.4. The van der Waals surface area contributed by atoms with Crippen molar-refractivity contribution < 1.29 is 57.1 Å². The summed E-state index contributed by atoms with van der Waals surface area (Å²) in [7, 11) is 0. The maximum atomic E-state index is 12.3. The van der Waals surface area contributed by atoms with Gasteiger partial charge in [-0.15, -0.1) is 0 Å². The molecule has 14 nitrogen and oxygen atoms in total. The van der Waals surface area contributed by atoms with Crippen LogP contribution in [0.4, 0.5) is 9.59 Å². The molecule has 0 spiro atoms. The molecule has 2 aromatic rings. The molecular weight excluding hydrogens is 580 g/mol. The highest BCUT2D eigenvalue weighted by atomic mass is 16.6. The van der Waals surface area contributed by atoms with Crippen molar-refractivity contribution in [2.75, 3.05) is 79.2 Å². The standard InChI is InChI=1S/C30H38N2O12/c1-3-27(33)41-21-19-39-17-15-37-13-11-31-29(35)43-25-9-10-26(24-8-6-5-7-23(24)25)44-30(36)32-12-14-38-16-18-40-20-22-42-28(34)4-2/h3-10H,1-2,11-22H2,(H,31,35)(H,32,36). The molecule has 2 rings (SSSR count). The lowest BCUT2D eigenvalue weighted by atomic mass is 10.1. The van der Waals surface area contributed by atoms with Crippen molar-refractivity contribution in [3.05, 3.63) is 61.7 Å². The molecule has 0 saturated carbocycles. The summed E-state index contributed by atoms with van der Waals surface area (Å²) in [5.74, 6) is -0.451. The molecule has 0 bridgehead atoms. The summed E-state index contributed by atoms with van der Waals surface area (Å²) in [6.45, 7) is 9.41. The summed E-state index contributed by atoms with van der Waals surface area (Å²) in [5.41, 5.74) is 0. The number of ether oxygens (including phenoxy) is 8. The van der Waals surface area contributed by atoms with Crippen LogP contribution in [0.2, 0.25) is 0 Å². The monoisotopic (exact) mass is 618 g/mol. The van der Waals surface area contributed by atoms with Crippen molar-refractivity contribution in [3.63, 3.8) is 0 Å². The Hall–Kier alpha value is -4.50. The fourth-order valence-corrected chi connectivity index (χ4v) is 3.31. The van der Waals surface area contributed by atoms with Crippen molar-refractivity contribution >= 4 is 34.9 Å². The first kappa shape index (κ1) is 35.7. The van der Waals surface area contributed by atoms with Gasteiger partial charge in [0.15, 0.2) is 0 Å². The number of hydrogen-bond donors (Lipinski definition) is 2. The molecule has 44 heavy (non-hydrogen) atoms. The minimum Gasteiger partial charge on any atom is -0.460 e. The predicted molar refractivity (Wildman–Crippen MR) is 158 cm³/mol. The van der Waals surface area contributed by atoms with Gasteiger partial charge in [0, 0.05) is 36.0 Å². The van der Waals surface area contributed by atoms with Crippen LogP contribution in [0.15, 0.2) is 61.7 Å². The van der Waals surface area contributed by atoms with E-state index < -0.39 is 24.1 Å². The molecule has 0 aliphatic carbocycles. The van der Waals surface area contributed by atoms with Crippen LogP contribution in [0, 0.1) is 0 Å².